The summed E-state index contributed by atoms with van der Waals surface area (Å²) in [5, 5.41) is 14.0. The van der Waals surface area contributed by atoms with E-state index in [2.05, 4.69) is 15.6 Å². The van der Waals surface area contributed by atoms with Crippen molar-refractivity contribution in [2.45, 2.75) is 26.4 Å². The molecule has 2 N–H and O–H groups in total. The van der Waals surface area contributed by atoms with Crippen LogP contribution >= 0.6 is 0 Å². The first-order valence-electron chi connectivity index (χ1n) is 12.2. The minimum absolute atomic E-state index is 0.0838. The van der Waals surface area contributed by atoms with E-state index in [1.54, 1.807) is 12.1 Å². The largest absolute Gasteiger partial charge is 0.437 e. The number of carbonyl (C=O) groups is 2. The number of furan rings is 1. The average molecular weight is 553 g/mol. The van der Waals surface area contributed by atoms with Gasteiger partial charge in [0.1, 0.15) is 23.9 Å². The topological polar surface area (TPSA) is 108 Å². The van der Waals surface area contributed by atoms with Crippen LogP contribution in [0.15, 0.2) is 52.9 Å². The van der Waals surface area contributed by atoms with Crippen LogP contribution in [-0.4, -0.2) is 36.4 Å². The second-order valence-corrected chi connectivity index (χ2v) is 9.31. The van der Waals surface area contributed by atoms with E-state index in [-0.39, 0.29) is 51.4 Å². The summed E-state index contributed by atoms with van der Waals surface area (Å²) in [4.78, 5) is 29.9. The van der Waals surface area contributed by atoms with E-state index in [0.29, 0.717) is 5.56 Å². The number of fused-ring (bicyclic) bond motifs is 1. The minimum atomic E-state index is -4.59. The molecule has 0 fully saturated rings. The highest BCUT2D eigenvalue weighted by molar-refractivity contribution is 6.11. The Balaban J connectivity index is 1.96. The van der Waals surface area contributed by atoms with E-state index in [1.165, 1.54) is 32.2 Å². The normalized spacial score (nSPS) is 12.2. The molecule has 40 heavy (non-hydrogen) atoms. The van der Waals surface area contributed by atoms with E-state index in [1.807, 2.05) is 25.1 Å². The number of nitrogens with one attached hydrogen (secondary N) is 2. The molecule has 4 aromatic rings. The van der Waals surface area contributed by atoms with Crippen molar-refractivity contribution >= 4 is 28.6 Å². The van der Waals surface area contributed by atoms with Gasteiger partial charge in [0, 0.05) is 24.6 Å². The molecule has 7 nitrogen and oxygen atoms in total. The average Bonchev–Trinajstić information content (AvgIpc) is 3.29. The number of ketones is 1. The molecule has 1 amide bonds. The van der Waals surface area contributed by atoms with Crippen LogP contribution in [0.4, 0.5) is 23.4 Å². The predicted molar refractivity (Wildman–Crippen MR) is 141 cm³/mol. The first-order valence-corrected chi connectivity index (χ1v) is 12.2. The van der Waals surface area contributed by atoms with E-state index < -0.39 is 36.1 Å². The molecule has 11 heteroatoms. The van der Waals surface area contributed by atoms with Crippen molar-refractivity contribution in [3.05, 3.63) is 71.0 Å². The van der Waals surface area contributed by atoms with Crippen molar-refractivity contribution < 1.29 is 31.6 Å². The highest BCUT2D eigenvalue weighted by Gasteiger charge is 2.29. The van der Waals surface area contributed by atoms with Crippen LogP contribution < -0.4 is 10.6 Å². The summed E-state index contributed by atoms with van der Waals surface area (Å²) >= 11 is 0. The molecule has 2 aromatic carbocycles. The molecule has 0 bridgehead atoms. The Bertz CT molecular complexity index is 1640. The van der Waals surface area contributed by atoms with Crippen LogP contribution in [0.5, 0.6) is 0 Å². The number of anilines is 1. The maximum Gasteiger partial charge on any atom is 0.405 e. The number of hydrogen-bond acceptors (Lipinski definition) is 6. The molecule has 0 saturated heterocycles. The molecule has 1 atom stereocenters. The first kappa shape index (κ1) is 28.3. The summed E-state index contributed by atoms with van der Waals surface area (Å²) in [5.74, 6) is -2.73. The van der Waals surface area contributed by atoms with Gasteiger partial charge in [0.25, 0.3) is 5.91 Å². The summed E-state index contributed by atoms with van der Waals surface area (Å²) in [7, 11) is 1.42. The number of pyridine rings is 1. The zero-order chi connectivity index (χ0) is 29.2. The molecule has 0 radical (unpaired) electrons. The highest BCUT2D eigenvalue weighted by Crippen LogP contribution is 2.38. The van der Waals surface area contributed by atoms with Gasteiger partial charge < -0.3 is 15.1 Å². The summed E-state index contributed by atoms with van der Waals surface area (Å²) in [6, 6.07) is 14.0. The fourth-order valence-electron chi connectivity index (χ4n) is 4.16. The third-order valence-corrected chi connectivity index (χ3v) is 6.20. The number of carbonyl (C=O) groups excluding carboxylic acids is 2. The van der Waals surface area contributed by atoms with Crippen LogP contribution in [0.1, 0.15) is 39.6 Å². The number of aryl methyl sites for hydroxylation is 1. The Labute approximate surface area is 226 Å². The van der Waals surface area contributed by atoms with Crippen molar-refractivity contribution in [1.29, 1.82) is 5.26 Å². The van der Waals surface area contributed by atoms with Gasteiger partial charge >= 0.3 is 6.18 Å². The number of rotatable bonds is 8. The van der Waals surface area contributed by atoms with Gasteiger partial charge in [-0.25, -0.2) is 4.39 Å². The second kappa shape index (κ2) is 11.2. The number of alkyl halides is 3. The third-order valence-electron chi connectivity index (χ3n) is 6.20. The van der Waals surface area contributed by atoms with E-state index >= 15 is 0 Å². The van der Waals surface area contributed by atoms with Gasteiger partial charge in [-0.3, -0.25) is 9.59 Å². The lowest BCUT2D eigenvalue weighted by molar-refractivity contribution is -0.115. The Hall–Kier alpha value is -4.72. The third kappa shape index (κ3) is 5.96. The molecule has 0 aliphatic rings. The van der Waals surface area contributed by atoms with E-state index in [0.717, 1.165) is 11.6 Å². The Morgan fingerprint density at radius 3 is 2.40 bits per heavy atom. The lowest BCUT2D eigenvalue weighted by Gasteiger charge is -2.14. The molecule has 206 valence electrons. The van der Waals surface area contributed by atoms with E-state index in [9.17, 15) is 27.2 Å². The standard InChI is InChI=1S/C29H24F4N4O3/c1-15-4-6-17(7-5-15)25-24(27(39)35-3)21-12-19(26(37-28(21)40-25)36-14-29(31,32)33)18-8-9-22(30)20(11-18)23(38)10-16(2)13-34/h4-9,11-12,16H,10,14H2,1-3H3,(H,35,39)(H,36,37). The molecule has 0 spiro atoms. The molecule has 2 aromatic heterocycles. The number of benzene rings is 2. The number of Topliss-reactive ketones (excluding diaryl/α,β-unsaturated/α-hetero) is 1. The highest BCUT2D eigenvalue weighted by atomic mass is 19.4. The van der Waals surface area contributed by atoms with Crippen LogP contribution in [0.2, 0.25) is 0 Å². The maximum absolute atomic E-state index is 14.6. The number of aromatic nitrogens is 1. The van der Waals surface area contributed by atoms with Crippen LogP contribution in [-0.2, 0) is 0 Å². The maximum atomic E-state index is 14.6. The number of nitriles is 1. The number of nitrogens with zero attached hydrogens (tertiary/aromatic N) is 2. The van der Waals surface area contributed by atoms with Gasteiger partial charge in [0.2, 0.25) is 5.71 Å². The number of halogens is 4. The second-order valence-electron chi connectivity index (χ2n) is 9.31. The van der Waals surface area contributed by atoms with Crippen molar-refractivity contribution in [3.63, 3.8) is 0 Å². The van der Waals surface area contributed by atoms with Gasteiger partial charge in [-0.2, -0.15) is 23.4 Å². The minimum Gasteiger partial charge on any atom is -0.437 e. The fraction of sp³-hybridized carbons (Fsp3) is 0.241. The quantitative estimate of drug-likeness (QED) is 0.187. The molecule has 0 aliphatic carbocycles. The molecule has 0 aliphatic heterocycles. The Kier molecular flexibility index (Phi) is 7.91. The molecule has 4 rings (SSSR count). The number of amides is 1. The van der Waals surface area contributed by atoms with Crippen molar-refractivity contribution in [2.75, 3.05) is 18.9 Å². The van der Waals surface area contributed by atoms with Gasteiger partial charge in [0.05, 0.1) is 28.5 Å². The van der Waals surface area contributed by atoms with Gasteiger partial charge in [0.15, 0.2) is 5.78 Å². The molecular weight excluding hydrogens is 528 g/mol. The van der Waals surface area contributed by atoms with Crippen molar-refractivity contribution in [1.82, 2.24) is 10.3 Å². The SMILES string of the molecule is CNC(=O)c1c(-c2ccc(C)cc2)oc2nc(NCC(F)(F)F)c(-c3ccc(F)c(C(=O)CC(C)C#N)c3)cc12. The lowest BCUT2D eigenvalue weighted by atomic mass is 9.96. The van der Waals surface area contributed by atoms with Gasteiger partial charge in [-0.05, 0) is 37.6 Å². The van der Waals surface area contributed by atoms with Crippen molar-refractivity contribution in [2.24, 2.45) is 5.92 Å². The monoisotopic (exact) mass is 552 g/mol. The zero-order valence-corrected chi connectivity index (χ0v) is 21.7. The molecule has 2 heterocycles. The van der Waals surface area contributed by atoms with Crippen LogP contribution in [0.3, 0.4) is 0 Å². The van der Waals surface area contributed by atoms with Gasteiger partial charge in [-0.1, -0.05) is 35.9 Å². The molecule has 1 unspecified atom stereocenters. The summed E-state index contributed by atoms with van der Waals surface area (Å²) in [6.45, 7) is 1.97. The van der Waals surface area contributed by atoms with Crippen molar-refractivity contribution in [3.8, 4) is 28.5 Å². The Morgan fingerprint density at radius 1 is 1.10 bits per heavy atom. The zero-order valence-electron chi connectivity index (χ0n) is 21.7. The van der Waals surface area contributed by atoms with Crippen LogP contribution in [0, 0.1) is 30.0 Å². The van der Waals surface area contributed by atoms with Gasteiger partial charge in [-0.15, -0.1) is 0 Å². The fourth-order valence-corrected chi connectivity index (χ4v) is 4.16. The summed E-state index contributed by atoms with van der Waals surface area (Å²) in [6.07, 6.45) is -4.83. The smallest absolute Gasteiger partial charge is 0.405 e. The predicted octanol–water partition coefficient (Wildman–Crippen LogP) is 6.68. The summed E-state index contributed by atoms with van der Waals surface area (Å²) < 4.78 is 60.0. The number of hydrogen-bond donors (Lipinski definition) is 2. The Morgan fingerprint density at radius 2 is 1.77 bits per heavy atom. The molecule has 0 saturated carbocycles. The molecular formula is C29H24F4N4O3. The van der Waals surface area contributed by atoms with Crippen LogP contribution in [0.25, 0.3) is 33.6 Å². The van der Waals surface area contributed by atoms with E-state index in [4.69, 9.17) is 9.68 Å². The summed E-state index contributed by atoms with van der Waals surface area (Å²) in [5.41, 5.74) is 1.47. The lowest BCUT2D eigenvalue weighted by Crippen LogP contribution is -2.22. The first-order chi connectivity index (χ1) is 18.9.